The molecule has 12 rings (SSSR count). The molecule has 532 valence electrons. The van der Waals surface area contributed by atoms with E-state index in [1.807, 2.05) is 122 Å². The maximum Gasteiger partial charge on any atom is 0.334 e. The summed E-state index contributed by atoms with van der Waals surface area (Å²) >= 11 is 0. The molecule has 4 aliphatic heterocycles. The number of hydrogen-bond acceptors (Lipinski definition) is 16. The van der Waals surface area contributed by atoms with Gasteiger partial charge in [-0.1, -0.05) is 56.5 Å². The van der Waals surface area contributed by atoms with E-state index in [2.05, 4.69) is 40.0 Å². The Morgan fingerprint density at radius 2 is 0.825 bits per heavy atom. The smallest absolute Gasteiger partial charge is 0.334 e. The number of nitrogens with one attached hydrogen (secondary N) is 4. The average Bonchev–Trinajstić information content (AvgIpc) is 1.60. The highest BCUT2D eigenvalue weighted by molar-refractivity contribution is 6.03. The molecule has 6 N–H and O–H groups in total. The Morgan fingerprint density at radius 3 is 1.27 bits per heavy atom. The normalized spacial score (nSPS) is 18.0. The van der Waals surface area contributed by atoms with Crippen LogP contribution >= 0.6 is 0 Å². The summed E-state index contributed by atoms with van der Waals surface area (Å²) in [4.78, 5) is 123. The van der Waals surface area contributed by atoms with Crippen molar-refractivity contribution in [2.45, 2.75) is 125 Å². The predicted molar refractivity (Wildman–Crippen MR) is 396 cm³/mol. The Hall–Kier alpha value is -11.6. The van der Waals surface area contributed by atoms with Gasteiger partial charge in [-0.2, -0.15) is 0 Å². The number of aromatic nitrogens is 8. The Labute approximate surface area is 595 Å². The number of methoxy groups -OCH3 is 5. The molecule has 22 nitrogen and oxygen atoms in total. The van der Waals surface area contributed by atoms with Gasteiger partial charge in [-0.3, -0.25) is 33.9 Å². The standard InChI is InChI=1S/C41H42N4O8.C40H42N4O6/c1-9-23-20(2)29-17-34-27-13-10-26(39(49)52-7)38(40(50)53-8)41(27,5)35(45-34)19-30-22(4)25(12-15-37(48)51-6)33(44-30)18-32-24(11-14-36(46)47)21(3)28(43-32)16-31(23)42-29;1-9-24-20(2)30-17-35-28-13-10-27(39(48)50-8)23(5)40(28,6)36(44-35)19-31-22(4)25(11-14-37(45)46)33(43-31)18-34-26(12-15-38(47)49-7)21(3)29(42-34)16-32(24)41-30/h9-10,13,16-19,38,42,44H,1,11-12,14-15H2,2-8H3,(H,46,47);9-10,13,16-19,23,41,43H,1,11-12,14-15H2,2-8H3,(H,45,46)/t38-,41+;23-,40-/m10/s1. The van der Waals surface area contributed by atoms with Gasteiger partial charge in [-0.25, -0.2) is 19.6 Å². The van der Waals surface area contributed by atoms with Gasteiger partial charge in [0.25, 0.3) is 0 Å². The lowest BCUT2D eigenvalue weighted by molar-refractivity contribution is -0.149. The van der Waals surface area contributed by atoms with Crippen molar-refractivity contribution in [3.05, 3.63) is 187 Å². The monoisotopic (exact) mass is 1390 g/mol. The van der Waals surface area contributed by atoms with E-state index in [0.29, 0.717) is 69.9 Å². The number of carbonyl (C=O) groups is 7. The van der Waals surface area contributed by atoms with Gasteiger partial charge in [-0.05, 0) is 196 Å². The van der Waals surface area contributed by atoms with Gasteiger partial charge >= 0.3 is 41.8 Å². The van der Waals surface area contributed by atoms with Crippen molar-refractivity contribution in [3.63, 3.8) is 0 Å². The molecule has 6 aromatic rings. The fraction of sp³-hybridized carbons (Fsp3) is 0.321. The highest BCUT2D eigenvalue weighted by atomic mass is 16.5. The Bertz CT molecular complexity index is 5270. The minimum Gasteiger partial charge on any atom is -0.481 e. The molecule has 16 bridgehead atoms. The van der Waals surface area contributed by atoms with E-state index < -0.39 is 40.6 Å². The lowest BCUT2D eigenvalue weighted by atomic mass is 9.64. The number of aliphatic carboxylic acids is 2. The number of esters is 5. The molecule has 0 radical (unpaired) electrons. The third-order valence-corrected chi connectivity index (χ3v) is 21.4. The first-order valence-corrected chi connectivity index (χ1v) is 33.9. The van der Waals surface area contributed by atoms with Crippen LogP contribution < -0.4 is 0 Å². The van der Waals surface area contributed by atoms with Gasteiger partial charge in [0.2, 0.25) is 0 Å². The molecule has 0 saturated heterocycles. The molecule has 0 unspecified atom stereocenters. The van der Waals surface area contributed by atoms with Gasteiger partial charge < -0.3 is 53.8 Å². The van der Waals surface area contributed by atoms with Gasteiger partial charge in [0.05, 0.1) is 92.1 Å². The summed E-state index contributed by atoms with van der Waals surface area (Å²) < 4.78 is 25.5. The van der Waals surface area contributed by atoms with E-state index in [9.17, 15) is 43.8 Å². The van der Waals surface area contributed by atoms with Crippen LogP contribution in [-0.2, 0) is 80.9 Å². The molecule has 0 fully saturated rings. The minimum atomic E-state index is -1.17. The third kappa shape index (κ3) is 13.1. The van der Waals surface area contributed by atoms with Crippen molar-refractivity contribution >= 4 is 132 Å². The summed E-state index contributed by atoms with van der Waals surface area (Å²) in [7, 11) is 6.65. The lowest BCUT2D eigenvalue weighted by Gasteiger charge is -2.36. The molecule has 103 heavy (non-hydrogen) atoms. The number of aromatic amines is 4. The fourth-order valence-corrected chi connectivity index (χ4v) is 15.1. The number of aryl methyl sites for hydroxylation is 6. The number of nitrogens with zero attached hydrogens (tertiary/aromatic N) is 4. The number of carboxylic acid groups (broad SMARTS) is 2. The SMILES string of the molecule is C=Cc1c(C)c2cc3nc(cc4[nH]c(cc5nc(cc1[nH]2)C(C)=C5CCC(=O)O)c(CCC(=O)OC)c4C)[C@]1(C)C3=CC=C(C(=O)OC)[C@@H]1C(=O)OC.C=Cc1c(C)c2cc3nc(cc4[nH]c(cc5nc(cc1[nH]2)C(C)=C5CCC(=O)OC)c(CCC(=O)O)c4C)[C@]1(C)C3=CC=C(C(=O)OC)[C@@H]1C. The largest absolute Gasteiger partial charge is 0.481 e. The zero-order valence-electron chi connectivity index (χ0n) is 60.4. The maximum absolute atomic E-state index is 13.7. The first-order chi connectivity index (χ1) is 49.1. The number of H-pyrrole nitrogens is 4. The van der Waals surface area contributed by atoms with E-state index in [4.69, 9.17) is 43.6 Å². The molecule has 4 atom stereocenters. The molecule has 0 saturated carbocycles. The van der Waals surface area contributed by atoms with E-state index in [-0.39, 0.29) is 61.5 Å². The number of carbonyl (C=O) groups excluding carboxylic acids is 5. The zero-order valence-corrected chi connectivity index (χ0v) is 60.4. The quantitative estimate of drug-likeness (QED) is 0.0365. The zero-order chi connectivity index (χ0) is 74.4. The van der Waals surface area contributed by atoms with E-state index in [1.54, 1.807) is 18.2 Å². The third-order valence-electron chi connectivity index (χ3n) is 21.4. The first-order valence-electron chi connectivity index (χ1n) is 33.9. The highest BCUT2D eigenvalue weighted by Gasteiger charge is 2.54. The second-order valence-electron chi connectivity index (χ2n) is 26.8. The summed E-state index contributed by atoms with van der Waals surface area (Å²) in [6, 6.07) is 15.6. The van der Waals surface area contributed by atoms with Crippen LogP contribution in [0, 0.1) is 39.5 Å². The molecule has 0 aromatic carbocycles. The molecule has 2 aliphatic carbocycles. The van der Waals surface area contributed by atoms with Crippen LogP contribution in [0.25, 0.3) is 89.7 Å². The molecule has 6 aromatic heterocycles. The molecular weight excluding hydrogens is 1310 g/mol. The fourth-order valence-electron chi connectivity index (χ4n) is 15.1. The van der Waals surface area contributed by atoms with E-state index in [0.717, 1.165) is 123 Å². The van der Waals surface area contributed by atoms with Crippen molar-refractivity contribution < 1.29 is 67.5 Å². The number of rotatable bonds is 17. The van der Waals surface area contributed by atoms with Crippen LogP contribution in [-0.4, -0.2) is 127 Å². The Morgan fingerprint density at radius 1 is 0.447 bits per heavy atom. The molecular formula is C81H84N8O14. The van der Waals surface area contributed by atoms with E-state index >= 15 is 0 Å². The van der Waals surface area contributed by atoms with Gasteiger partial charge in [0, 0.05) is 97.8 Å². The van der Waals surface area contributed by atoms with Crippen molar-refractivity contribution in [1.82, 2.24) is 39.9 Å². The second-order valence-corrected chi connectivity index (χ2v) is 26.8. The lowest BCUT2D eigenvalue weighted by Crippen LogP contribution is -2.42. The first kappa shape index (κ1) is 72.7. The van der Waals surface area contributed by atoms with Crippen LogP contribution in [0.3, 0.4) is 0 Å². The number of fused-ring (bicyclic) bond motifs is 22. The van der Waals surface area contributed by atoms with Crippen molar-refractivity contribution in [1.29, 1.82) is 0 Å². The predicted octanol–water partition coefficient (Wildman–Crippen LogP) is 14.3. The number of hydrogen-bond donors (Lipinski definition) is 6. The Balaban J connectivity index is 0.000000207. The van der Waals surface area contributed by atoms with Crippen LogP contribution in [0.2, 0.25) is 0 Å². The average molecular weight is 1390 g/mol. The molecule has 10 heterocycles. The van der Waals surface area contributed by atoms with Gasteiger partial charge in [-0.15, -0.1) is 0 Å². The summed E-state index contributed by atoms with van der Waals surface area (Å²) in [5, 5.41) is 19.3. The van der Waals surface area contributed by atoms with Crippen LogP contribution in [0.15, 0.2) is 97.1 Å². The second kappa shape index (κ2) is 28.8. The summed E-state index contributed by atoms with van der Waals surface area (Å²) in [6.45, 7) is 26.0. The summed E-state index contributed by atoms with van der Waals surface area (Å²) in [6.07, 6.45) is 12.2. The molecule has 0 amide bonds. The van der Waals surface area contributed by atoms with Gasteiger partial charge in [0.15, 0.2) is 0 Å². The van der Waals surface area contributed by atoms with Gasteiger partial charge in [0.1, 0.15) is 5.92 Å². The van der Waals surface area contributed by atoms with Crippen LogP contribution in [0.5, 0.6) is 0 Å². The van der Waals surface area contributed by atoms with Crippen molar-refractivity contribution in [3.8, 4) is 0 Å². The molecule has 6 aliphatic rings. The van der Waals surface area contributed by atoms with Crippen LogP contribution in [0.4, 0.5) is 0 Å². The topological polar surface area (TPSA) is 321 Å². The Kier molecular flexibility index (Phi) is 20.3. The number of carboxylic acids is 2. The number of ether oxygens (including phenoxy) is 5. The maximum atomic E-state index is 13.7. The van der Waals surface area contributed by atoms with E-state index in [1.165, 1.54) is 35.5 Å². The molecule has 22 heteroatoms. The molecule has 0 spiro atoms. The minimum absolute atomic E-state index is 0.0535. The summed E-state index contributed by atoms with van der Waals surface area (Å²) in [5.41, 5.74) is 22.5. The van der Waals surface area contributed by atoms with Crippen molar-refractivity contribution in [2.24, 2.45) is 11.8 Å². The number of allylic oxidation sites excluding steroid dienone is 10. The van der Waals surface area contributed by atoms with Crippen molar-refractivity contribution in [2.75, 3.05) is 35.5 Å². The highest BCUT2D eigenvalue weighted by Crippen LogP contribution is 2.54. The van der Waals surface area contributed by atoms with Crippen LogP contribution in [0.1, 0.15) is 163 Å². The summed E-state index contributed by atoms with van der Waals surface area (Å²) in [5.74, 6) is -5.53.